The molecule has 1 amide bonds. The van der Waals surface area contributed by atoms with Gasteiger partial charge in [-0.1, -0.05) is 0 Å². The highest BCUT2D eigenvalue weighted by molar-refractivity contribution is 5.99. The first-order valence-electron chi connectivity index (χ1n) is 4.79. The number of carbonyl (C=O) groups is 1. The molecular formula is C10H15N5O2. The van der Waals surface area contributed by atoms with Gasteiger partial charge in [-0.15, -0.1) is 0 Å². The van der Waals surface area contributed by atoms with Crippen molar-refractivity contribution in [3.63, 3.8) is 0 Å². The number of hydrazone groups is 1. The molecule has 0 saturated heterocycles. The number of carbonyl (C=O) groups excluding carboxylic acids is 1. The molecule has 0 heterocycles. The van der Waals surface area contributed by atoms with Crippen LogP contribution in [0.25, 0.3) is 0 Å². The van der Waals surface area contributed by atoms with Crippen LogP contribution in [0.2, 0.25) is 0 Å². The fourth-order valence-corrected chi connectivity index (χ4v) is 1.38. The van der Waals surface area contributed by atoms with E-state index in [1.54, 1.807) is 25.2 Å². The van der Waals surface area contributed by atoms with E-state index in [1.165, 1.54) is 12.1 Å². The third kappa shape index (κ3) is 2.85. The SMILES string of the molecule is COc1cc(/C(=N/N)N(C)N)ccc1NC=O. The van der Waals surface area contributed by atoms with E-state index in [9.17, 15) is 4.79 Å². The molecule has 1 aromatic rings. The smallest absolute Gasteiger partial charge is 0.211 e. The van der Waals surface area contributed by atoms with Gasteiger partial charge in [-0.25, -0.2) is 5.84 Å². The second kappa shape index (κ2) is 5.71. The summed E-state index contributed by atoms with van der Waals surface area (Å²) in [6.45, 7) is 0. The Balaban J connectivity index is 3.16. The summed E-state index contributed by atoms with van der Waals surface area (Å²) < 4.78 is 5.14. The number of benzene rings is 1. The van der Waals surface area contributed by atoms with E-state index >= 15 is 0 Å². The van der Waals surface area contributed by atoms with Gasteiger partial charge in [0, 0.05) is 12.6 Å². The van der Waals surface area contributed by atoms with Crippen LogP contribution in [0.5, 0.6) is 5.75 Å². The number of anilines is 1. The number of rotatable bonds is 4. The van der Waals surface area contributed by atoms with Crippen LogP contribution in [-0.2, 0) is 4.79 Å². The standard InChI is InChI=1S/C10H15N5O2/c1-15(12)10(14-11)7-3-4-8(13-6-16)9(5-7)17-2/h3-6H,11-12H2,1-2H3,(H,13,16)/b14-10-. The average Bonchev–Trinajstić information content (AvgIpc) is 2.31. The lowest BCUT2D eigenvalue weighted by atomic mass is 10.1. The number of nitrogens with zero attached hydrogens (tertiary/aromatic N) is 2. The molecule has 17 heavy (non-hydrogen) atoms. The highest BCUT2D eigenvalue weighted by Gasteiger charge is 2.10. The van der Waals surface area contributed by atoms with Crippen molar-refractivity contribution in [2.75, 3.05) is 19.5 Å². The molecule has 5 N–H and O–H groups in total. The number of hydrazine groups is 1. The van der Waals surface area contributed by atoms with E-state index in [0.29, 0.717) is 29.2 Å². The molecule has 0 spiro atoms. The highest BCUT2D eigenvalue weighted by atomic mass is 16.5. The van der Waals surface area contributed by atoms with Crippen molar-refractivity contribution in [3.8, 4) is 5.75 Å². The zero-order valence-corrected chi connectivity index (χ0v) is 9.68. The Labute approximate surface area is 99.0 Å². The van der Waals surface area contributed by atoms with Crippen molar-refractivity contribution >= 4 is 17.9 Å². The quantitative estimate of drug-likeness (QED) is 0.219. The van der Waals surface area contributed by atoms with Crippen LogP contribution in [0.1, 0.15) is 5.56 Å². The van der Waals surface area contributed by atoms with Crippen molar-refractivity contribution in [3.05, 3.63) is 23.8 Å². The van der Waals surface area contributed by atoms with Gasteiger partial charge in [0.15, 0.2) is 5.84 Å². The monoisotopic (exact) mass is 237 g/mol. The predicted molar refractivity (Wildman–Crippen MR) is 65.4 cm³/mol. The van der Waals surface area contributed by atoms with Crippen molar-refractivity contribution in [2.24, 2.45) is 16.8 Å². The van der Waals surface area contributed by atoms with Gasteiger partial charge < -0.3 is 15.9 Å². The Bertz CT molecular complexity index is 431. The van der Waals surface area contributed by atoms with Crippen molar-refractivity contribution < 1.29 is 9.53 Å². The van der Waals surface area contributed by atoms with E-state index in [2.05, 4.69) is 10.4 Å². The molecule has 0 aliphatic heterocycles. The maximum absolute atomic E-state index is 10.4. The Morgan fingerprint density at radius 2 is 2.29 bits per heavy atom. The van der Waals surface area contributed by atoms with Crippen LogP contribution in [0.4, 0.5) is 5.69 Å². The third-order valence-corrected chi connectivity index (χ3v) is 2.13. The van der Waals surface area contributed by atoms with E-state index < -0.39 is 0 Å². The normalized spacial score (nSPS) is 10.9. The van der Waals surface area contributed by atoms with Gasteiger partial charge in [-0.05, 0) is 18.2 Å². The summed E-state index contributed by atoms with van der Waals surface area (Å²) in [4.78, 5) is 10.4. The van der Waals surface area contributed by atoms with Gasteiger partial charge >= 0.3 is 0 Å². The minimum Gasteiger partial charge on any atom is -0.495 e. The lowest BCUT2D eigenvalue weighted by molar-refractivity contribution is -0.105. The van der Waals surface area contributed by atoms with Gasteiger partial charge in [0.2, 0.25) is 6.41 Å². The molecule has 92 valence electrons. The minimum atomic E-state index is 0.404. The number of ether oxygens (including phenoxy) is 1. The molecule has 0 bridgehead atoms. The molecule has 0 fully saturated rings. The fourth-order valence-electron chi connectivity index (χ4n) is 1.38. The molecule has 0 saturated carbocycles. The van der Waals surface area contributed by atoms with Gasteiger partial charge in [0.1, 0.15) is 5.75 Å². The number of nitrogens with one attached hydrogen (secondary N) is 1. The first-order chi connectivity index (χ1) is 8.13. The van der Waals surface area contributed by atoms with Gasteiger partial charge in [-0.2, -0.15) is 5.10 Å². The van der Waals surface area contributed by atoms with Crippen LogP contribution in [0, 0.1) is 0 Å². The summed E-state index contributed by atoms with van der Waals surface area (Å²) in [6, 6.07) is 5.08. The topological polar surface area (TPSA) is 106 Å². The molecule has 0 aliphatic rings. The predicted octanol–water partition coefficient (Wildman–Crippen LogP) is -0.311. The zero-order valence-electron chi connectivity index (χ0n) is 9.68. The largest absolute Gasteiger partial charge is 0.495 e. The lowest BCUT2D eigenvalue weighted by Gasteiger charge is -2.16. The second-order valence-corrected chi connectivity index (χ2v) is 3.24. The second-order valence-electron chi connectivity index (χ2n) is 3.24. The summed E-state index contributed by atoms with van der Waals surface area (Å²) in [5.41, 5.74) is 1.24. The molecule has 0 radical (unpaired) electrons. The summed E-state index contributed by atoms with van der Waals surface area (Å²) in [7, 11) is 3.12. The summed E-state index contributed by atoms with van der Waals surface area (Å²) in [5.74, 6) is 11.7. The molecule has 7 nitrogen and oxygen atoms in total. The van der Waals surface area contributed by atoms with Crippen LogP contribution in [0.3, 0.4) is 0 Å². The molecule has 0 unspecified atom stereocenters. The van der Waals surface area contributed by atoms with Gasteiger partial charge in [0.25, 0.3) is 0 Å². The van der Waals surface area contributed by atoms with Crippen LogP contribution < -0.4 is 21.7 Å². The molecule has 1 rings (SSSR count). The van der Waals surface area contributed by atoms with Crippen LogP contribution in [0.15, 0.2) is 23.3 Å². The number of amidine groups is 1. The first kappa shape index (κ1) is 12.8. The molecule has 7 heteroatoms. The number of hydrogen-bond acceptors (Lipinski definition) is 5. The maximum atomic E-state index is 10.4. The Morgan fingerprint density at radius 1 is 1.59 bits per heavy atom. The summed E-state index contributed by atoms with van der Waals surface area (Å²) >= 11 is 0. The van der Waals surface area contributed by atoms with Gasteiger partial charge in [0.05, 0.1) is 12.8 Å². The van der Waals surface area contributed by atoms with Gasteiger partial charge in [-0.3, -0.25) is 9.80 Å². The van der Waals surface area contributed by atoms with Crippen molar-refractivity contribution in [1.82, 2.24) is 5.01 Å². The molecule has 0 aromatic heterocycles. The minimum absolute atomic E-state index is 0.404. The molecule has 0 atom stereocenters. The number of nitrogens with two attached hydrogens (primary N) is 2. The number of hydrogen-bond donors (Lipinski definition) is 3. The maximum Gasteiger partial charge on any atom is 0.211 e. The fraction of sp³-hybridized carbons (Fsp3) is 0.200. The van der Waals surface area contributed by atoms with E-state index in [-0.39, 0.29) is 0 Å². The molecule has 0 aliphatic carbocycles. The Hall–Kier alpha value is -2.28. The zero-order chi connectivity index (χ0) is 12.8. The van der Waals surface area contributed by atoms with E-state index in [0.717, 1.165) is 0 Å². The van der Waals surface area contributed by atoms with E-state index in [1.807, 2.05) is 0 Å². The van der Waals surface area contributed by atoms with Crippen molar-refractivity contribution in [2.45, 2.75) is 0 Å². The third-order valence-electron chi connectivity index (χ3n) is 2.13. The Kier molecular flexibility index (Phi) is 4.29. The van der Waals surface area contributed by atoms with Crippen LogP contribution >= 0.6 is 0 Å². The van der Waals surface area contributed by atoms with E-state index in [4.69, 9.17) is 16.4 Å². The lowest BCUT2D eigenvalue weighted by Crippen LogP contribution is -2.34. The Morgan fingerprint density at radius 3 is 2.76 bits per heavy atom. The first-order valence-corrected chi connectivity index (χ1v) is 4.79. The summed E-state index contributed by atoms with van der Waals surface area (Å²) in [5, 5.41) is 7.39. The molecular weight excluding hydrogens is 222 g/mol. The van der Waals surface area contributed by atoms with Crippen LogP contribution in [-0.4, -0.2) is 31.4 Å². The number of amides is 1. The highest BCUT2D eigenvalue weighted by Crippen LogP contribution is 2.25. The average molecular weight is 237 g/mol. The number of methoxy groups -OCH3 is 1. The molecule has 1 aromatic carbocycles. The van der Waals surface area contributed by atoms with Crippen molar-refractivity contribution in [1.29, 1.82) is 0 Å². The summed E-state index contributed by atoms with van der Waals surface area (Å²) in [6.07, 6.45) is 0.574.